The van der Waals surface area contributed by atoms with E-state index in [1.807, 2.05) is 0 Å². The van der Waals surface area contributed by atoms with Gasteiger partial charge in [-0.25, -0.2) is 0 Å². The number of amides is 1. The number of hydrogen-bond acceptors (Lipinski definition) is 4. The van der Waals surface area contributed by atoms with Gasteiger partial charge in [0.15, 0.2) is 0 Å². The Bertz CT molecular complexity index is 806. The van der Waals surface area contributed by atoms with Crippen molar-refractivity contribution in [2.45, 2.75) is 18.9 Å². The topological polar surface area (TPSA) is 64.4 Å². The first kappa shape index (κ1) is 16.5. The van der Waals surface area contributed by atoms with Crippen molar-refractivity contribution in [3.63, 3.8) is 0 Å². The van der Waals surface area contributed by atoms with Crippen LogP contribution in [0.2, 0.25) is 5.02 Å². The van der Waals surface area contributed by atoms with Gasteiger partial charge in [0.2, 0.25) is 0 Å². The molecule has 0 aliphatic carbocycles. The summed E-state index contributed by atoms with van der Waals surface area (Å²) in [5.41, 5.74) is -0.106. The second-order valence-electron chi connectivity index (χ2n) is 5.78. The molecule has 1 fully saturated rings. The van der Waals surface area contributed by atoms with Crippen molar-refractivity contribution in [3.05, 3.63) is 57.7 Å². The number of nitrogens with zero attached hydrogens (tertiary/aromatic N) is 3. The van der Waals surface area contributed by atoms with Crippen molar-refractivity contribution in [2.24, 2.45) is 7.05 Å². The van der Waals surface area contributed by atoms with Gasteiger partial charge in [-0.2, -0.15) is 0 Å². The third-order valence-electron chi connectivity index (χ3n) is 4.05. The molecule has 24 heavy (non-hydrogen) atoms. The van der Waals surface area contributed by atoms with Crippen LogP contribution >= 0.6 is 11.6 Å². The molecule has 0 N–H and O–H groups in total. The van der Waals surface area contributed by atoms with E-state index in [4.69, 9.17) is 16.3 Å². The molecule has 1 aliphatic heterocycles. The van der Waals surface area contributed by atoms with Gasteiger partial charge in [-0.15, -0.1) is 0 Å². The molecule has 1 amide bonds. The van der Waals surface area contributed by atoms with E-state index in [2.05, 4.69) is 4.98 Å². The predicted octanol–water partition coefficient (Wildman–Crippen LogP) is 2.12. The maximum atomic E-state index is 12.7. The quantitative estimate of drug-likeness (QED) is 0.853. The number of halogens is 1. The number of aryl methyl sites for hydroxylation is 1. The van der Waals surface area contributed by atoms with Crippen LogP contribution in [0.1, 0.15) is 23.2 Å². The highest BCUT2D eigenvalue weighted by Crippen LogP contribution is 2.25. The first-order valence-electron chi connectivity index (χ1n) is 7.77. The van der Waals surface area contributed by atoms with Crippen LogP contribution in [0, 0.1) is 0 Å². The largest absolute Gasteiger partial charge is 0.487 e. The van der Waals surface area contributed by atoms with Crippen molar-refractivity contribution >= 4 is 17.5 Å². The summed E-state index contributed by atoms with van der Waals surface area (Å²) in [5.74, 6) is 0.298. The molecule has 1 aliphatic rings. The Morgan fingerprint density at radius 2 is 2.25 bits per heavy atom. The van der Waals surface area contributed by atoms with Crippen molar-refractivity contribution in [2.75, 3.05) is 13.1 Å². The second-order valence-corrected chi connectivity index (χ2v) is 6.18. The van der Waals surface area contributed by atoms with Gasteiger partial charge < -0.3 is 14.2 Å². The molecule has 3 heterocycles. The van der Waals surface area contributed by atoms with E-state index in [9.17, 15) is 9.59 Å². The van der Waals surface area contributed by atoms with Gasteiger partial charge in [0.25, 0.3) is 11.5 Å². The van der Waals surface area contributed by atoms with Crippen molar-refractivity contribution in [3.8, 4) is 5.75 Å². The fourth-order valence-corrected chi connectivity index (χ4v) is 2.95. The maximum absolute atomic E-state index is 12.7. The van der Waals surface area contributed by atoms with Crippen molar-refractivity contribution in [1.29, 1.82) is 0 Å². The number of carbonyl (C=O) groups is 1. The number of ether oxygens (including phenoxy) is 1. The maximum Gasteiger partial charge on any atom is 0.263 e. The van der Waals surface area contributed by atoms with Gasteiger partial charge in [0.05, 0.1) is 6.54 Å². The average molecular weight is 348 g/mol. The van der Waals surface area contributed by atoms with Gasteiger partial charge in [-0.3, -0.25) is 14.6 Å². The summed E-state index contributed by atoms with van der Waals surface area (Å²) in [4.78, 5) is 30.4. The Balaban J connectivity index is 1.73. The van der Waals surface area contributed by atoms with Crippen LogP contribution in [0.3, 0.4) is 0 Å². The molecule has 2 aromatic rings. The minimum atomic E-state index is -0.289. The van der Waals surface area contributed by atoms with Crippen LogP contribution in [-0.4, -0.2) is 39.6 Å². The molecular weight excluding hydrogens is 330 g/mol. The molecule has 3 rings (SSSR count). The highest BCUT2D eigenvalue weighted by atomic mass is 35.5. The molecule has 0 aromatic carbocycles. The first-order valence-corrected chi connectivity index (χ1v) is 8.15. The monoisotopic (exact) mass is 347 g/mol. The SMILES string of the molecule is Cn1cccc(C(=O)N2CCCC(Oc3ccncc3Cl)C2)c1=O. The lowest BCUT2D eigenvalue weighted by atomic mass is 10.1. The van der Waals surface area contributed by atoms with Crippen LogP contribution in [0.25, 0.3) is 0 Å². The lowest BCUT2D eigenvalue weighted by Crippen LogP contribution is -2.46. The zero-order valence-corrected chi connectivity index (χ0v) is 14.1. The summed E-state index contributed by atoms with van der Waals surface area (Å²) < 4.78 is 7.31. The van der Waals surface area contributed by atoms with Crippen LogP contribution in [0.15, 0.2) is 41.6 Å². The molecule has 0 saturated carbocycles. The third-order valence-corrected chi connectivity index (χ3v) is 4.33. The lowest BCUT2D eigenvalue weighted by molar-refractivity contribution is 0.0536. The summed E-state index contributed by atoms with van der Waals surface area (Å²) in [7, 11) is 1.63. The number of pyridine rings is 2. The van der Waals surface area contributed by atoms with E-state index in [0.29, 0.717) is 23.9 Å². The first-order chi connectivity index (χ1) is 11.6. The standard InChI is InChI=1S/C17H18ClN3O3/c1-20-8-3-5-13(16(20)22)17(23)21-9-2-4-12(11-21)24-15-6-7-19-10-14(15)18/h3,5-8,10,12H,2,4,9,11H2,1H3. The number of piperidine rings is 1. The fraction of sp³-hybridized carbons (Fsp3) is 0.353. The lowest BCUT2D eigenvalue weighted by Gasteiger charge is -2.33. The van der Waals surface area contributed by atoms with Gasteiger partial charge in [0.1, 0.15) is 22.4 Å². The van der Waals surface area contributed by atoms with Crippen LogP contribution < -0.4 is 10.3 Å². The molecule has 1 saturated heterocycles. The molecule has 0 radical (unpaired) electrons. The van der Waals surface area contributed by atoms with Gasteiger partial charge in [-0.05, 0) is 25.0 Å². The molecule has 1 atom stereocenters. The van der Waals surface area contributed by atoms with Gasteiger partial charge in [0, 0.05) is 38.2 Å². The number of hydrogen-bond donors (Lipinski definition) is 0. The second kappa shape index (κ2) is 7.05. The zero-order valence-electron chi connectivity index (χ0n) is 13.3. The Labute approximate surface area is 144 Å². The Kier molecular flexibility index (Phi) is 4.85. The van der Waals surface area contributed by atoms with E-state index in [1.54, 1.807) is 42.5 Å². The summed E-state index contributed by atoms with van der Waals surface area (Å²) in [6.07, 6.45) is 6.25. The van der Waals surface area contributed by atoms with E-state index in [0.717, 1.165) is 12.8 Å². The summed E-state index contributed by atoms with van der Waals surface area (Å²) >= 11 is 6.06. The fourth-order valence-electron chi connectivity index (χ4n) is 2.79. The highest BCUT2D eigenvalue weighted by molar-refractivity contribution is 6.31. The molecule has 7 heteroatoms. The molecular formula is C17H18ClN3O3. The van der Waals surface area contributed by atoms with Crippen molar-refractivity contribution < 1.29 is 9.53 Å². The highest BCUT2D eigenvalue weighted by Gasteiger charge is 2.27. The summed E-state index contributed by atoms with van der Waals surface area (Å²) in [6.45, 7) is 1.04. The molecule has 0 spiro atoms. The number of aromatic nitrogens is 2. The Morgan fingerprint density at radius 1 is 1.42 bits per heavy atom. The normalized spacial score (nSPS) is 17.6. The smallest absolute Gasteiger partial charge is 0.263 e. The Morgan fingerprint density at radius 3 is 3.04 bits per heavy atom. The molecule has 6 nitrogen and oxygen atoms in total. The van der Waals surface area contributed by atoms with E-state index < -0.39 is 0 Å². The van der Waals surface area contributed by atoms with Crippen molar-refractivity contribution in [1.82, 2.24) is 14.5 Å². The van der Waals surface area contributed by atoms with E-state index >= 15 is 0 Å². The summed E-state index contributed by atoms with van der Waals surface area (Å²) in [5, 5.41) is 0.442. The van der Waals surface area contributed by atoms with E-state index in [-0.39, 0.29) is 23.1 Å². The van der Waals surface area contributed by atoms with E-state index in [1.165, 1.54) is 10.8 Å². The number of carbonyl (C=O) groups excluding carboxylic acids is 1. The minimum absolute atomic E-state index is 0.157. The van der Waals surface area contributed by atoms with Gasteiger partial charge in [-0.1, -0.05) is 11.6 Å². The van der Waals surface area contributed by atoms with Crippen LogP contribution in [0.5, 0.6) is 5.75 Å². The molecule has 0 bridgehead atoms. The molecule has 126 valence electrons. The molecule has 2 aromatic heterocycles. The molecule has 1 unspecified atom stereocenters. The van der Waals surface area contributed by atoms with Crippen LogP contribution in [0.4, 0.5) is 0 Å². The average Bonchev–Trinajstić information content (AvgIpc) is 2.59. The number of rotatable bonds is 3. The zero-order chi connectivity index (χ0) is 17.1. The Hall–Kier alpha value is -2.34. The van der Waals surface area contributed by atoms with Gasteiger partial charge >= 0.3 is 0 Å². The third kappa shape index (κ3) is 3.43. The predicted molar refractivity (Wildman–Crippen MR) is 90.5 cm³/mol. The number of likely N-dealkylation sites (tertiary alicyclic amines) is 1. The summed E-state index contributed by atoms with van der Waals surface area (Å²) in [6, 6.07) is 4.97. The minimum Gasteiger partial charge on any atom is -0.487 e. The van der Waals surface area contributed by atoms with Crippen LogP contribution in [-0.2, 0) is 7.05 Å².